The van der Waals surface area contributed by atoms with Crippen molar-refractivity contribution in [2.45, 2.75) is 0 Å². The van der Waals surface area contributed by atoms with E-state index in [1.54, 1.807) is 12.1 Å². The van der Waals surface area contributed by atoms with E-state index >= 15 is 0 Å². The van der Waals surface area contributed by atoms with E-state index in [2.05, 4.69) is 4.98 Å². The first-order chi connectivity index (χ1) is 9.28. The number of fused-ring (bicyclic) bond motifs is 1. The van der Waals surface area contributed by atoms with Crippen LogP contribution in [0, 0.1) is 5.82 Å². The van der Waals surface area contributed by atoms with Crippen molar-refractivity contribution in [2.75, 3.05) is 31.2 Å². The number of carbonyl (C=O) groups is 1. The second kappa shape index (κ2) is 4.93. The normalized spacial score (nSPS) is 15.7. The molecule has 0 radical (unpaired) electrons. The number of benzene rings is 1. The van der Waals surface area contributed by atoms with E-state index in [0.29, 0.717) is 48.6 Å². The summed E-state index contributed by atoms with van der Waals surface area (Å²) in [5.41, 5.74) is 1.17. The number of pyridine rings is 1. The number of anilines is 1. The van der Waals surface area contributed by atoms with Crippen LogP contribution in [0.25, 0.3) is 10.9 Å². The van der Waals surface area contributed by atoms with Crippen LogP contribution in [-0.2, 0) is 4.74 Å². The Hall–Kier alpha value is -2.01. The molecule has 4 nitrogen and oxygen atoms in total. The van der Waals surface area contributed by atoms with Crippen molar-refractivity contribution in [3.05, 3.63) is 35.6 Å². The van der Waals surface area contributed by atoms with Crippen molar-refractivity contribution in [1.29, 1.82) is 0 Å². The molecule has 1 aliphatic rings. The number of nitrogens with zero attached hydrogens (tertiary/aromatic N) is 2. The smallest absolute Gasteiger partial charge is 0.153 e. The molecule has 98 valence electrons. The molecule has 5 heteroatoms. The summed E-state index contributed by atoms with van der Waals surface area (Å²) in [6.45, 7) is 2.67. The Bertz CT molecular complexity index is 624. The highest BCUT2D eigenvalue weighted by Gasteiger charge is 2.17. The fourth-order valence-corrected chi connectivity index (χ4v) is 2.27. The van der Waals surface area contributed by atoms with Crippen LogP contribution in [-0.4, -0.2) is 37.6 Å². The molecular weight excluding hydrogens is 247 g/mol. The van der Waals surface area contributed by atoms with Crippen molar-refractivity contribution in [3.63, 3.8) is 0 Å². The lowest BCUT2D eigenvalue weighted by Gasteiger charge is -2.28. The van der Waals surface area contributed by atoms with Crippen LogP contribution in [0.5, 0.6) is 0 Å². The summed E-state index contributed by atoms with van der Waals surface area (Å²) >= 11 is 0. The van der Waals surface area contributed by atoms with Crippen LogP contribution >= 0.6 is 0 Å². The molecule has 0 N–H and O–H groups in total. The molecule has 19 heavy (non-hydrogen) atoms. The molecule has 0 saturated carbocycles. The summed E-state index contributed by atoms with van der Waals surface area (Å²) in [4.78, 5) is 17.7. The van der Waals surface area contributed by atoms with Crippen LogP contribution in [0.15, 0.2) is 24.3 Å². The summed E-state index contributed by atoms with van der Waals surface area (Å²) in [5.74, 6) is 0.322. The SMILES string of the molecule is O=Cc1cc2cc(F)ccc2nc1N1CCOCC1. The van der Waals surface area contributed by atoms with E-state index in [4.69, 9.17) is 4.74 Å². The minimum Gasteiger partial charge on any atom is -0.378 e. The Morgan fingerprint density at radius 3 is 2.79 bits per heavy atom. The van der Waals surface area contributed by atoms with Gasteiger partial charge in [-0.1, -0.05) is 0 Å². The van der Waals surface area contributed by atoms with Gasteiger partial charge in [0.05, 0.1) is 24.3 Å². The van der Waals surface area contributed by atoms with Gasteiger partial charge < -0.3 is 9.64 Å². The first-order valence-corrected chi connectivity index (χ1v) is 6.16. The second-order valence-corrected chi connectivity index (χ2v) is 4.46. The molecule has 1 fully saturated rings. The number of rotatable bonds is 2. The molecule has 0 unspecified atom stereocenters. The van der Waals surface area contributed by atoms with Gasteiger partial charge in [-0.2, -0.15) is 0 Å². The predicted octanol–water partition coefficient (Wildman–Crippen LogP) is 2.02. The summed E-state index contributed by atoms with van der Waals surface area (Å²) in [6.07, 6.45) is 0.766. The maximum Gasteiger partial charge on any atom is 0.153 e. The van der Waals surface area contributed by atoms with Gasteiger partial charge >= 0.3 is 0 Å². The second-order valence-electron chi connectivity index (χ2n) is 4.46. The molecule has 1 aliphatic heterocycles. The number of aromatic nitrogens is 1. The van der Waals surface area contributed by atoms with Crippen LogP contribution in [0.1, 0.15) is 10.4 Å². The number of hydrogen-bond donors (Lipinski definition) is 0. The number of aldehydes is 1. The molecule has 0 aliphatic carbocycles. The molecule has 1 saturated heterocycles. The lowest BCUT2D eigenvalue weighted by atomic mass is 10.1. The molecule has 0 atom stereocenters. The van der Waals surface area contributed by atoms with E-state index in [1.165, 1.54) is 12.1 Å². The molecule has 2 heterocycles. The number of hydrogen-bond acceptors (Lipinski definition) is 4. The highest BCUT2D eigenvalue weighted by molar-refractivity contribution is 5.91. The molecule has 1 aromatic heterocycles. The van der Waals surface area contributed by atoms with Gasteiger partial charge in [-0.3, -0.25) is 4.79 Å². The van der Waals surface area contributed by atoms with E-state index in [-0.39, 0.29) is 5.82 Å². The van der Waals surface area contributed by atoms with Crippen LogP contribution < -0.4 is 4.90 Å². The monoisotopic (exact) mass is 260 g/mol. The minimum absolute atomic E-state index is 0.328. The van der Waals surface area contributed by atoms with Crippen molar-refractivity contribution in [2.24, 2.45) is 0 Å². The first kappa shape index (κ1) is 12.0. The van der Waals surface area contributed by atoms with Crippen molar-refractivity contribution in [1.82, 2.24) is 4.98 Å². The zero-order valence-corrected chi connectivity index (χ0v) is 10.3. The maximum atomic E-state index is 13.2. The molecular formula is C14H13FN2O2. The zero-order valence-electron chi connectivity index (χ0n) is 10.3. The van der Waals surface area contributed by atoms with Gasteiger partial charge in [-0.05, 0) is 24.3 Å². The standard InChI is InChI=1S/C14H13FN2O2/c15-12-1-2-13-10(8-12)7-11(9-18)14(16-13)17-3-5-19-6-4-17/h1-2,7-9H,3-6H2. The number of carbonyl (C=O) groups excluding carboxylic acids is 1. The van der Waals surface area contributed by atoms with Gasteiger partial charge in [0.1, 0.15) is 11.6 Å². The molecule has 0 amide bonds. The van der Waals surface area contributed by atoms with Gasteiger partial charge in [0, 0.05) is 18.5 Å². The summed E-state index contributed by atoms with van der Waals surface area (Å²) in [5, 5.41) is 0.638. The maximum absolute atomic E-state index is 13.2. The Kier molecular flexibility index (Phi) is 3.13. The van der Waals surface area contributed by atoms with Gasteiger partial charge in [-0.15, -0.1) is 0 Å². The third-order valence-corrected chi connectivity index (χ3v) is 3.22. The van der Waals surface area contributed by atoms with Crippen LogP contribution in [0.2, 0.25) is 0 Å². The summed E-state index contributed by atoms with van der Waals surface area (Å²) in [6, 6.07) is 6.07. The third-order valence-electron chi connectivity index (χ3n) is 3.22. The largest absolute Gasteiger partial charge is 0.378 e. The lowest BCUT2D eigenvalue weighted by molar-refractivity contribution is 0.111. The summed E-state index contributed by atoms with van der Waals surface area (Å²) in [7, 11) is 0. The van der Waals surface area contributed by atoms with E-state index in [9.17, 15) is 9.18 Å². The van der Waals surface area contributed by atoms with Crippen molar-refractivity contribution < 1.29 is 13.9 Å². The Morgan fingerprint density at radius 1 is 1.26 bits per heavy atom. The zero-order chi connectivity index (χ0) is 13.2. The fourth-order valence-electron chi connectivity index (χ4n) is 2.27. The quantitative estimate of drug-likeness (QED) is 0.775. The van der Waals surface area contributed by atoms with Crippen LogP contribution in [0.4, 0.5) is 10.2 Å². The predicted molar refractivity (Wildman–Crippen MR) is 70.1 cm³/mol. The number of halogens is 1. The Morgan fingerprint density at radius 2 is 2.05 bits per heavy atom. The average Bonchev–Trinajstić information content (AvgIpc) is 2.46. The van der Waals surface area contributed by atoms with Crippen molar-refractivity contribution >= 4 is 23.0 Å². The molecule has 3 rings (SSSR count). The van der Waals surface area contributed by atoms with Gasteiger partial charge in [0.2, 0.25) is 0 Å². The number of morpholine rings is 1. The van der Waals surface area contributed by atoms with Crippen molar-refractivity contribution in [3.8, 4) is 0 Å². The molecule has 1 aromatic carbocycles. The van der Waals surface area contributed by atoms with Crippen LogP contribution in [0.3, 0.4) is 0 Å². The minimum atomic E-state index is -0.328. The first-order valence-electron chi connectivity index (χ1n) is 6.16. The third kappa shape index (κ3) is 2.29. The van der Waals surface area contributed by atoms with Gasteiger partial charge in [0.25, 0.3) is 0 Å². The fraction of sp³-hybridized carbons (Fsp3) is 0.286. The molecule has 2 aromatic rings. The Labute approximate surface area is 109 Å². The van der Waals surface area contributed by atoms with Gasteiger partial charge in [0.15, 0.2) is 6.29 Å². The molecule has 0 spiro atoms. The number of ether oxygens (including phenoxy) is 1. The topological polar surface area (TPSA) is 42.4 Å². The Balaban J connectivity index is 2.11. The average molecular weight is 260 g/mol. The molecule has 0 bridgehead atoms. The highest BCUT2D eigenvalue weighted by Crippen LogP contribution is 2.23. The highest BCUT2D eigenvalue weighted by atomic mass is 19.1. The lowest BCUT2D eigenvalue weighted by Crippen LogP contribution is -2.37. The van der Waals surface area contributed by atoms with Gasteiger partial charge in [-0.25, -0.2) is 9.37 Å². The van der Waals surface area contributed by atoms with E-state index in [0.717, 1.165) is 6.29 Å². The van der Waals surface area contributed by atoms with E-state index < -0.39 is 0 Å². The summed E-state index contributed by atoms with van der Waals surface area (Å²) < 4.78 is 18.5. The van der Waals surface area contributed by atoms with E-state index in [1.807, 2.05) is 4.90 Å².